The van der Waals surface area contributed by atoms with Gasteiger partial charge in [0.25, 0.3) is 0 Å². The minimum Gasteiger partial charge on any atom is -0.393 e. The molecule has 3 saturated carbocycles. The Kier molecular flexibility index (Phi) is 5.57. The van der Waals surface area contributed by atoms with E-state index in [9.17, 15) is 15.3 Å². The van der Waals surface area contributed by atoms with Crippen LogP contribution in [0.15, 0.2) is 11.6 Å². The van der Waals surface area contributed by atoms with Crippen LogP contribution < -0.4 is 5.32 Å². The van der Waals surface area contributed by atoms with Crippen molar-refractivity contribution < 1.29 is 19.7 Å². The van der Waals surface area contributed by atoms with Crippen molar-refractivity contribution >= 4 is 0 Å². The average Bonchev–Trinajstić information content (AvgIpc) is 2.90. The molecular formula is C21H36FNO3. The average molecular weight is 370 g/mol. The van der Waals surface area contributed by atoms with Crippen LogP contribution in [0.1, 0.15) is 64.7 Å². The molecule has 150 valence electrons. The molecule has 7 atom stereocenters. The highest BCUT2D eigenvalue weighted by Crippen LogP contribution is 2.62. The van der Waals surface area contributed by atoms with Crippen LogP contribution in [0.4, 0.5) is 4.39 Å². The van der Waals surface area contributed by atoms with Crippen LogP contribution in [0.2, 0.25) is 0 Å². The van der Waals surface area contributed by atoms with Crippen LogP contribution in [0, 0.1) is 17.3 Å². The smallest absolute Gasteiger partial charge is 0.143 e. The third kappa shape index (κ3) is 3.05. The summed E-state index contributed by atoms with van der Waals surface area (Å²) >= 11 is 0. The lowest BCUT2D eigenvalue weighted by atomic mass is 9.54. The van der Waals surface area contributed by atoms with Gasteiger partial charge < -0.3 is 20.6 Å². The number of fused-ring (bicyclic) bond motifs is 4. The van der Waals surface area contributed by atoms with Crippen LogP contribution in [0.5, 0.6) is 0 Å². The maximum Gasteiger partial charge on any atom is 0.143 e. The van der Waals surface area contributed by atoms with E-state index in [-0.39, 0.29) is 17.3 Å². The van der Waals surface area contributed by atoms with E-state index in [0.717, 1.165) is 44.1 Å². The predicted molar refractivity (Wildman–Crippen MR) is 101 cm³/mol. The van der Waals surface area contributed by atoms with E-state index in [2.05, 4.69) is 12.2 Å². The molecule has 0 aliphatic heterocycles. The van der Waals surface area contributed by atoms with Crippen molar-refractivity contribution in [3.8, 4) is 0 Å². The van der Waals surface area contributed by atoms with Crippen molar-refractivity contribution in [3.63, 3.8) is 0 Å². The van der Waals surface area contributed by atoms with Crippen LogP contribution in [-0.4, -0.2) is 52.9 Å². The van der Waals surface area contributed by atoms with E-state index in [4.69, 9.17) is 0 Å². The van der Waals surface area contributed by atoms with Gasteiger partial charge in [0.2, 0.25) is 0 Å². The number of halogens is 1. The van der Waals surface area contributed by atoms with Gasteiger partial charge in [-0.1, -0.05) is 18.9 Å². The van der Waals surface area contributed by atoms with Crippen molar-refractivity contribution in [2.45, 2.75) is 88.2 Å². The molecule has 4 nitrogen and oxygen atoms in total. The second-order valence-electron chi connectivity index (χ2n) is 9.41. The number of alkyl halides is 1. The largest absolute Gasteiger partial charge is 0.393 e. The zero-order valence-corrected chi connectivity index (χ0v) is 16.5. The van der Waals surface area contributed by atoms with Gasteiger partial charge in [0.1, 0.15) is 17.4 Å². The van der Waals surface area contributed by atoms with Crippen LogP contribution in [0.25, 0.3) is 0 Å². The number of hydrogen-bond acceptors (Lipinski definition) is 4. The molecule has 4 rings (SSSR count). The highest BCUT2D eigenvalue weighted by Gasteiger charge is 2.67. The fourth-order valence-electron chi connectivity index (χ4n) is 6.30. The normalized spacial score (nSPS) is 50.3. The van der Waals surface area contributed by atoms with Crippen molar-refractivity contribution in [2.75, 3.05) is 14.1 Å². The Morgan fingerprint density at radius 2 is 1.81 bits per heavy atom. The number of rotatable bonds is 0. The minimum absolute atomic E-state index is 0.0334. The van der Waals surface area contributed by atoms with Gasteiger partial charge in [0, 0.05) is 0 Å². The maximum atomic E-state index is 15.2. The summed E-state index contributed by atoms with van der Waals surface area (Å²) < 4.78 is 15.2. The third-order valence-corrected chi connectivity index (χ3v) is 7.60. The zero-order valence-electron chi connectivity index (χ0n) is 16.5. The molecule has 4 aliphatic carbocycles. The number of aliphatic hydroxyl groups excluding tert-OH is 1. The Hall–Kier alpha value is -0.490. The highest BCUT2D eigenvalue weighted by molar-refractivity contribution is 5.31. The molecule has 0 radical (unpaired) electrons. The first kappa shape index (κ1) is 20.2. The second-order valence-corrected chi connectivity index (χ2v) is 9.41. The van der Waals surface area contributed by atoms with E-state index >= 15 is 4.39 Å². The summed E-state index contributed by atoms with van der Waals surface area (Å²) in [5.74, 6) is 0.242. The molecule has 6 unspecified atom stereocenters. The van der Waals surface area contributed by atoms with Crippen molar-refractivity contribution in [1.29, 1.82) is 0 Å². The van der Waals surface area contributed by atoms with Crippen LogP contribution in [-0.2, 0) is 0 Å². The third-order valence-electron chi connectivity index (χ3n) is 7.60. The van der Waals surface area contributed by atoms with Gasteiger partial charge in [-0.15, -0.1) is 0 Å². The summed E-state index contributed by atoms with van der Waals surface area (Å²) in [5.41, 5.74) is -2.40. The molecule has 4 aliphatic rings. The number of aliphatic hydroxyl groups is 3. The first-order valence-corrected chi connectivity index (χ1v) is 10.3. The van der Waals surface area contributed by atoms with E-state index in [1.165, 1.54) is 0 Å². The fraction of sp³-hybridized carbons (Fsp3) is 0.905. The maximum absolute atomic E-state index is 15.2. The van der Waals surface area contributed by atoms with Gasteiger partial charge in [0.15, 0.2) is 0 Å². The summed E-state index contributed by atoms with van der Waals surface area (Å²) in [6.45, 7) is 2.09. The first-order chi connectivity index (χ1) is 12.2. The Morgan fingerprint density at radius 1 is 1.12 bits per heavy atom. The second kappa shape index (κ2) is 7.16. The van der Waals surface area contributed by atoms with Gasteiger partial charge >= 0.3 is 0 Å². The summed E-state index contributed by atoms with van der Waals surface area (Å²) in [6.07, 6.45) is 6.35. The molecule has 26 heavy (non-hydrogen) atoms. The molecule has 0 bridgehead atoms. The molecular weight excluding hydrogens is 333 g/mol. The SMILES string of the molecule is CC12CCCC1[C@@]1(O)CCC3CCC(O)CC3=CC1(O)C(F)C2.CNC. The van der Waals surface area contributed by atoms with Gasteiger partial charge in [-0.2, -0.15) is 0 Å². The molecule has 0 aromatic carbocycles. The quantitative estimate of drug-likeness (QED) is 0.496. The van der Waals surface area contributed by atoms with E-state index < -0.39 is 23.5 Å². The van der Waals surface area contributed by atoms with Gasteiger partial charge in [-0.3, -0.25) is 0 Å². The Balaban J connectivity index is 0.000000613. The summed E-state index contributed by atoms with van der Waals surface area (Å²) in [6, 6.07) is 0. The molecule has 0 heterocycles. The predicted octanol–water partition coefficient (Wildman–Crippen LogP) is 2.71. The van der Waals surface area contributed by atoms with Crippen molar-refractivity contribution in [1.82, 2.24) is 5.32 Å². The molecule has 0 saturated heterocycles. The van der Waals surface area contributed by atoms with Crippen LogP contribution in [0.3, 0.4) is 0 Å². The molecule has 0 amide bonds. The first-order valence-electron chi connectivity index (χ1n) is 10.3. The minimum atomic E-state index is -1.79. The summed E-state index contributed by atoms with van der Waals surface area (Å²) in [7, 11) is 3.75. The van der Waals surface area contributed by atoms with E-state index in [1.807, 2.05) is 14.1 Å². The highest BCUT2D eigenvalue weighted by atomic mass is 19.1. The molecule has 3 fully saturated rings. The lowest BCUT2D eigenvalue weighted by molar-refractivity contribution is -0.237. The monoisotopic (exact) mass is 369 g/mol. The van der Waals surface area contributed by atoms with Crippen LogP contribution >= 0.6 is 0 Å². The standard InChI is InChI=1S/C19H29FO3.C2H7N/c1-17-7-2-3-15(17)18(22)8-6-12-4-5-14(21)9-13(12)10-19(18,23)16(20)11-17;1-3-2/h10,12,14-16,21-23H,2-9,11H2,1H3;3H,1-2H3/t12?,14?,15?,16?,17?,18-,19?;/m0./s1. The molecule has 0 spiro atoms. The topological polar surface area (TPSA) is 72.7 Å². The van der Waals surface area contributed by atoms with Gasteiger partial charge in [-0.25, -0.2) is 4.39 Å². The zero-order chi connectivity index (χ0) is 19.2. The fourth-order valence-corrected chi connectivity index (χ4v) is 6.30. The van der Waals surface area contributed by atoms with Gasteiger partial charge in [-0.05, 0) is 88.8 Å². The summed E-state index contributed by atoms with van der Waals surface area (Å²) in [5, 5.41) is 35.6. The van der Waals surface area contributed by atoms with Crippen molar-refractivity contribution in [2.24, 2.45) is 17.3 Å². The Labute approximate surface area is 156 Å². The molecule has 5 heteroatoms. The lowest BCUT2D eigenvalue weighted by Gasteiger charge is -2.56. The van der Waals surface area contributed by atoms with E-state index in [1.54, 1.807) is 6.08 Å². The lowest BCUT2D eigenvalue weighted by Crippen LogP contribution is -2.68. The molecule has 4 N–H and O–H groups in total. The Bertz CT molecular complexity index is 555. The Morgan fingerprint density at radius 3 is 2.50 bits per heavy atom. The van der Waals surface area contributed by atoms with E-state index in [0.29, 0.717) is 19.3 Å². The molecule has 0 aromatic rings. The van der Waals surface area contributed by atoms with Gasteiger partial charge in [0.05, 0.1) is 6.10 Å². The summed E-state index contributed by atoms with van der Waals surface area (Å²) in [4.78, 5) is 0. The van der Waals surface area contributed by atoms with Crippen molar-refractivity contribution in [3.05, 3.63) is 11.6 Å². The molecule has 0 aromatic heterocycles. The number of hydrogen-bond donors (Lipinski definition) is 4. The number of nitrogens with one attached hydrogen (secondary N) is 1.